The van der Waals surface area contributed by atoms with Crippen LogP contribution in [0.4, 0.5) is 0 Å². The third kappa shape index (κ3) is 3.45. The molecule has 2 aliphatic rings. The molecule has 2 heterocycles. The summed E-state index contributed by atoms with van der Waals surface area (Å²) in [6, 6.07) is 7.90. The number of methoxy groups -OCH3 is 1. The molecule has 0 bridgehead atoms. The van der Waals surface area contributed by atoms with Gasteiger partial charge in [-0.15, -0.1) is 0 Å². The number of benzene rings is 3. The number of aliphatic hydroxyl groups is 4. The first kappa shape index (κ1) is 22.4. The smallest absolute Gasteiger partial charge is 0.336 e. The van der Waals surface area contributed by atoms with Crippen LogP contribution in [-0.2, 0) is 4.74 Å². The molecule has 1 unspecified atom stereocenters. The summed E-state index contributed by atoms with van der Waals surface area (Å²) >= 11 is 0. The van der Waals surface area contributed by atoms with Crippen LogP contribution in [0.25, 0.3) is 21.5 Å². The minimum Gasteiger partial charge on any atom is -0.496 e. The Morgan fingerprint density at radius 1 is 1.03 bits per heavy atom. The SMILES string of the molecule is COc1cc(OC2O[C@H](CO)[C@@H](O)[C@H](O)[C@H]2O)cc2c1ccc1c(C(=O)O)cc3c(c12)OCO3. The number of hydrogen-bond donors (Lipinski definition) is 5. The lowest BCUT2D eigenvalue weighted by molar-refractivity contribution is -0.277. The molecule has 3 aromatic rings. The van der Waals surface area contributed by atoms with Crippen LogP contribution in [0.15, 0.2) is 30.3 Å². The molecule has 0 aromatic heterocycles. The molecule has 0 aliphatic carbocycles. The summed E-state index contributed by atoms with van der Waals surface area (Å²) in [5, 5.41) is 51.6. The van der Waals surface area contributed by atoms with Crippen molar-refractivity contribution in [2.45, 2.75) is 30.7 Å². The fourth-order valence-corrected chi connectivity index (χ4v) is 4.36. The summed E-state index contributed by atoms with van der Waals surface area (Å²) in [5.74, 6) is 0.0690. The Kier molecular flexibility index (Phi) is 5.58. The van der Waals surface area contributed by atoms with Crippen LogP contribution in [0.5, 0.6) is 23.0 Å². The molecule has 34 heavy (non-hydrogen) atoms. The lowest BCUT2D eigenvalue weighted by Crippen LogP contribution is -2.60. The fourth-order valence-electron chi connectivity index (χ4n) is 4.36. The Hall–Kier alpha value is -3.35. The molecule has 180 valence electrons. The third-order valence-electron chi connectivity index (χ3n) is 6.06. The molecule has 11 nitrogen and oxygen atoms in total. The zero-order valence-corrected chi connectivity index (χ0v) is 17.9. The lowest BCUT2D eigenvalue weighted by atomic mass is 9.96. The van der Waals surface area contributed by atoms with E-state index in [1.165, 1.54) is 19.2 Å². The van der Waals surface area contributed by atoms with Gasteiger partial charge in [-0.05, 0) is 18.2 Å². The van der Waals surface area contributed by atoms with Crippen LogP contribution < -0.4 is 18.9 Å². The van der Waals surface area contributed by atoms with Gasteiger partial charge in [-0.25, -0.2) is 4.79 Å². The molecule has 1 fully saturated rings. The molecule has 0 spiro atoms. The lowest BCUT2D eigenvalue weighted by Gasteiger charge is -2.39. The Bertz CT molecular complexity index is 1270. The summed E-state index contributed by atoms with van der Waals surface area (Å²) in [6.45, 7) is -0.667. The van der Waals surface area contributed by atoms with E-state index in [2.05, 4.69) is 0 Å². The second-order valence-corrected chi connectivity index (χ2v) is 7.99. The van der Waals surface area contributed by atoms with Crippen molar-refractivity contribution in [3.05, 3.63) is 35.9 Å². The molecule has 3 aromatic carbocycles. The number of aromatic carboxylic acids is 1. The summed E-state index contributed by atoms with van der Waals surface area (Å²) in [6.07, 6.45) is -7.28. The minimum absolute atomic E-state index is 0.0281. The quantitative estimate of drug-likeness (QED) is 0.329. The summed E-state index contributed by atoms with van der Waals surface area (Å²) < 4.78 is 27.8. The van der Waals surface area contributed by atoms with Crippen LogP contribution in [0.1, 0.15) is 10.4 Å². The second kappa shape index (κ2) is 8.46. The Morgan fingerprint density at radius 3 is 2.50 bits per heavy atom. The molecular weight excluding hydrogens is 452 g/mol. The van der Waals surface area contributed by atoms with Crippen molar-refractivity contribution < 1.29 is 54.0 Å². The zero-order chi connectivity index (χ0) is 24.1. The van der Waals surface area contributed by atoms with E-state index in [1.54, 1.807) is 18.2 Å². The minimum atomic E-state index is -1.61. The van der Waals surface area contributed by atoms with Crippen LogP contribution in [0, 0.1) is 0 Å². The van der Waals surface area contributed by atoms with Gasteiger partial charge >= 0.3 is 5.97 Å². The predicted octanol–water partition coefficient (Wildman–Crippen LogP) is 0.607. The first-order chi connectivity index (χ1) is 16.3. The normalized spacial score (nSPS) is 26.1. The van der Waals surface area contributed by atoms with Gasteiger partial charge in [0.1, 0.15) is 35.9 Å². The van der Waals surface area contributed by atoms with Gasteiger partial charge in [0.15, 0.2) is 11.5 Å². The number of fused-ring (bicyclic) bond motifs is 5. The predicted molar refractivity (Wildman–Crippen MR) is 115 cm³/mol. The number of carbonyl (C=O) groups is 1. The molecule has 5 atom stereocenters. The van der Waals surface area contributed by atoms with Gasteiger partial charge in [0.05, 0.1) is 19.3 Å². The van der Waals surface area contributed by atoms with Gasteiger partial charge in [-0.3, -0.25) is 0 Å². The van der Waals surface area contributed by atoms with E-state index in [0.717, 1.165) is 0 Å². The monoisotopic (exact) mass is 474 g/mol. The number of carboxylic acids is 1. The Balaban J connectivity index is 1.67. The van der Waals surface area contributed by atoms with Gasteiger partial charge in [0, 0.05) is 27.6 Å². The standard InChI is InChI=1S/C23H22O11/c1-30-14-5-9(33-23-20(27)19(26)18(25)16(7-24)34-23)4-12-10(14)2-3-11-13(22(28)29)6-15-21(17(11)12)32-8-31-15/h2-6,16,18-20,23-27H,7-8H2,1H3,(H,28,29)/t16-,18-,19+,20-,23?/m1/s1. The second-order valence-electron chi connectivity index (χ2n) is 7.99. The number of ether oxygens (including phenoxy) is 5. The van der Waals surface area contributed by atoms with E-state index in [9.17, 15) is 30.3 Å². The van der Waals surface area contributed by atoms with Gasteiger partial charge < -0.3 is 49.2 Å². The Labute approximate surface area is 192 Å². The number of carboxylic acid groups (broad SMARTS) is 1. The summed E-state index contributed by atoms with van der Waals surface area (Å²) in [4.78, 5) is 11.9. The van der Waals surface area contributed by atoms with Crippen LogP contribution in [-0.4, -0.2) is 82.7 Å². The van der Waals surface area contributed by atoms with E-state index < -0.39 is 43.3 Å². The van der Waals surface area contributed by atoms with Gasteiger partial charge in [-0.1, -0.05) is 6.07 Å². The van der Waals surface area contributed by atoms with E-state index >= 15 is 0 Å². The maximum atomic E-state index is 11.9. The number of aliphatic hydroxyl groups excluding tert-OH is 4. The van der Waals surface area contributed by atoms with Crippen molar-refractivity contribution in [1.82, 2.24) is 0 Å². The maximum Gasteiger partial charge on any atom is 0.336 e. The highest BCUT2D eigenvalue weighted by molar-refractivity contribution is 6.18. The average molecular weight is 474 g/mol. The van der Waals surface area contributed by atoms with Crippen molar-refractivity contribution >= 4 is 27.5 Å². The Morgan fingerprint density at radius 2 is 1.79 bits per heavy atom. The summed E-state index contributed by atoms with van der Waals surface area (Å²) in [5.41, 5.74) is 0.0281. The van der Waals surface area contributed by atoms with Crippen molar-refractivity contribution in [2.75, 3.05) is 20.5 Å². The first-order valence-electron chi connectivity index (χ1n) is 10.4. The molecule has 5 N–H and O–H groups in total. The average Bonchev–Trinajstić information content (AvgIpc) is 3.31. The highest BCUT2D eigenvalue weighted by Gasteiger charge is 2.44. The van der Waals surface area contributed by atoms with Crippen LogP contribution in [0.2, 0.25) is 0 Å². The largest absolute Gasteiger partial charge is 0.496 e. The topological polar surface area (TPSA) is 164 Å². The number of hydrogen-bond acceptors (Lipinski definition) is 10. The van der Waals surface area contributed by atoms with E-state index in [-0.39, 0.29) is 23.9 Å². The maximum absolute atomic E-state index is 11.9. The molecule has 0 radical (unpaired) electrons. The molecule has 2 aliphatic heterocycles. The number of rotatable bonds is 5. The summed E-state index contributed by atoms with van der Waals surface area (Å²) in [7, 11) is 1.45. The molecular formula is C23H22O11. The van der Waals surface area contributed by atoms with Crippen molar-refractivity contribution in [3.8, 4) is 23.0 Å². The fraction of sp³-hybridized carbons (Fsp3) is 0.348. The zero-order valence-electron chi connectivity index (χ0n) is 17.9. The van der Waals surface area contributed by atoms with Crippen molar-refractivity contribution in [1.29, 1.82) is 0 Å². The van der Waals surface area contributed by atoms with Gasteiger partial charge in [0.25, 0.3) is 0 Å². The molecule has 5 rings (SSSR count). The van der Waals surface area contributed by atoms with E-state index in [4.69, 9.17) is 23.7 Å². The van der Waals surface area contributed by atoms with Crippen molar-refractivity contribution in [2.24, 2.45) is 0 Å². The highest BCUT2D eigenvalue weighted by atomic mass is 16.7. The molecule has 1 saturated heterocycles. The molecule has 0 saturated carbocycles. The van der Waals surface area contributed by atoms with Crippen LogP contribution in [0.3, 0.4) is 0 Å². The van der Waals surface area contributed by atoms with E-state index in [0.29, 0.717) is 33.0 Å². The highest BCUT2D eigenvalue weighted by Crippen LogP contribution is 2.47. The van der Waals surface area contributed by atoms with Crippen LogP contribution >= 0.6 is 0 Å². The van der Waals surface area contributed by atoms with Gasteiger partial charge in [-0.2, -0.15) is 0 Å². The van der Waals surface area contributed by atoms with Crippen molar-refractivity contribution in [3.63, 3.8) is 0 Å². The molecule has 11 heteroatoms. The first-order valence-corrected chi connectivity index (χ1v) is 10.4. The van der Waals surface area contributed by atoms with E-state index in [1.807, 2.05) is 0 Å². The van der Waals surface area contributed by atoms with Gasteiger partial charge in [0.2, 0.25) is 13.1 Å². The third-order valence-corrected chi connectivity index (χ3v) is 6.06. The molecule has 0 amide bonds.